The highest BCUT2D eigenvalue weighted by Gasteiger charge is 2.21. The van der Waals surface area contributed by atoms with E-state index >= 15 is 0 Å². The van der Waals surface area contributed by atoms with Crippen molar-refractivity contribution in [1.82, 2.24) is 5.32 Å². The second-order valence-corrected chi connectivity index (χ2v) is 6.14. The van der Waals surface area contributed by atoms with Crippen LogP contribution in [0.4, 0.5) is 0 Å². The summed E-state index contributed by atoms with van der Waals surface area (Å²) < 4.78 is 5.33. The maximum Gasteiger partial charge on any atom is 0.123 e. The summed E-state index contributed by atoms with van der Waals surface area (Å²) in [5.41, 5.74) is 1.38. The van der Waals surface area contributed by atoms with Gasteiger partial charge < -0.3 is 10.1 Å². The van der Waals surface area contributed by atoms with Crippen LogP contribution in [0.25, 0.3) is 0 Å². The summed E-state index contributed by atoms with van der Waals surface area (Å²) >= 11 is 6.01. The number of methoxy groups -OCH3 is 1. The van der Waals surface area contributed by atoms with Crippen molar-refractivity contribution in [2.75, 3.05) is 13.7 Å². The van der Waals surface area contributed by atoms with E-state index in [4.69, 9.17) is 16.3 Å². The summed E-state index contributed by atoms with van der Waals surface area (Å²) in [6.07, 6.45) is 0. The fourth-order valence-corrected chi connectivity index (χ4v) is 1.80. The summed E-state index contributed by atoms with van der Waals surface area (Å²) in [5, 5.41) is 4.23. The molecule has 18 heavy (non-hydrogen) atoms. The number of ether oxygens (including phenoxy) is 1. The third-order valence-corrected chi connectivity index (χ3v) is 3.94. The molecule has 0 bridgehead atoms. The van der Waals surface area contributed by atoms with Crippen LogP contribution in [0.2, 0.25) is 5.02 Å². The molecule has 1 rings (SSSR count). The number of rotatable bonds is 6. The Balaban J connectivity index is 2.61. The van der Waals surface area contributed by atoms with Crippen molar-refractivity contribution in [3.05, 3.63) is 28.8 Å². The molecule has 0 radical (unpaired) electrons. The van der Waals surface area contributed by atoms with E-state index in [0.717, 1.165) is 29.4 Å². The van der Waals surface area contributed by atoms with Crippen molar-refractivity contribution >= 4 is 11.6 Å². The first kappa shape index (κ1) is 15.3. The minimum absolute atomic E-state index is 0.284. The van der Waals surface area contributed by atoms with E-state index in [1.165, 1.54) is 0 Å². The maximum atomic E-state index is 6.01. The first-order valence-corrected chi connectivity index (χ1v) is 6.77. The molecule has 0 amide bonds. The van der Waals surface area contributed by atoms with Crippen molar-refractivity contribution in [2.45, 2.75) is 34.2 Å². The third kappa shape index (κ3) is 4.18. The Hall–Kier alpha value is -0.730. The Morgan fingerprint density at radius 3 is 2.56 bits per heavy atom. The fraction of sp³-hybridized carbons (Fsp3) is 0.600. The molecule has 0 aliphatic rings. The van der Waals surface area contributed by atoms with Gasteiger partial charge in [0, 0.05) is 23.7 Å². The van der Waals surface area contributed by atoms with Gasteiger partial charge in [0.2, 0.25) is 0 Å². The van der Waals surface area contributed by atoms with E-state index in [9.17, 15) is 0 Å². The highest BCUT2D eigenvalue weighted by atomic mass is 35.5. The molecule has 2 nitrogen and oxygen atoms in total. The zero-order chi connectivity index (χ0) is 13.8. The standard InChI is InChI=1S/C15H24ClNO/c1-11(2)15(3,4)10-17-9-12-8-13(16)6-7-14(12)18-5/h6-8,11,17H,9-10H2,1-5H3. The van der Waals surface area contributed by atoms with Crippen LogP contribution in [0.5, 0.6) is 5.75 Å². The van der Waals surface area contributed by atoms with Crippen LogP contribution < -0.4 is 10.1 Å². The molecule has 3 heteroatoms. The molecule has 102 valence electrons. The van der Waals surface area contributed by atoms with E-state index in [-0.39, 0.29) is 5.41 Å². The van der Waals surface area contributed by atoms with Crippen molar-refractivity contribution in [1.29, 1.82) is 0 Å². The van der Waals surface area contributed by atoms with Crippen molar-refractivity contribution in [3.8, 4) is 5.75 Å². The van der Waals surface area contributed by atoms with Crippen LogP contribution in [-0.4, -0.2) is 13.7 Å². The molecule has 0 saturated heterocycles. The van der Waals surface area contributed by atoms with Gasteiger partial charge in [-0.2, -0.15) is 0 Å². The summed E-state index contributed by atoms with van der Waals surface area (Å²) in [7, 11) is 1.69. The molecule has 0 fully saturated rings. The van der Waals surface area contributed by atoms with Gasteiger partial charge in [-0.15, -0.1) is 0 Å². The molecule has 1 aromatic rings. The van der Waals surface area contributed by atoms with Crippen LogP contribution in [0.15, 0.2) is 18.2 Å². The van der Waals surface area contributed by atoms with E-state index in [1.54, 1.807) is 7.11 Å². The second-order valence-electron chi connectivity index (χ2n) is 5.70. The predicted octanol–water partition coefficient (Wildman–Crippen LogP) is 4.12. The number of halogens is 1. The molecule has 0 aliphatic heterocycles. The summed E-state index contributed by atoms with van der Waals surface area (Å²) in [4.78, 5) is 0. The fourth-order valence-electron chi connectivity index (χ4n) is 1.61. The van der Waals surface area contributed by atoms with Crippen LogP contribution in [0, 0.1) is 11.3 Å². The Morgan fingerprint density at radius 2 is 2.00 bits per heavy atom. The van der Waals surface area contributed by atoms with Crippen LogP contribution in [0.3, 0.4) is 0 Å². The van der Waals surface area contributed by atoms with Gasteiger partial charge in [-0.3, -0.25) is 0 Å². The average Bonchev–Trinajstić information content (AvgIpc) is 2.29. The van der Waals surface area contributed by atoms with Gasteiger partial charge in [-0.25, -0.2) is 0 Å². The Bertz CT molecular complexity index is 388. The minimum atomic E-state index is 0.284. The van der Waals surface area contributed by atoms with Gasteiger partial charge in [-0.05, 0) is 29.5 Å². The van der Waals surface area contributed by atoms with Gasteiger partial charge in [0.15, 0.2) is 0 Å². The summed E-state index contributed by atoms with van der Waals surface area (Å²) in [6, 6.07) is 5.71. The molecule has 0 unspecified atom stereocenters. The topological polar surface area (TPSA) is 21.3 Å². The highest BCUT2D eigenvalue weighted by molar-refractivity contribution is 6.30. The molecule has 0 heterocycles. The Labute approximate surface area is 116 Å². The SMILES string of the molecule is COc1ccc(Cl)cc1CNCC(C)(C)C(C)C. The van der Waals surface area contributed by atoms with Crippen molar-refractivity contribution in [3.63, 3.8) is 0 Å². The molecular formula is C15H24ClNO. The van der Waals surface area contributed by atoms with Crippen molar-refractivity contribution in [2.24, 2.45) is 11.3 Å². The zero-order valence-corrected chi connectivity index (χ0v) is 12.8. The highest BCUT2D eigenvalue weighted by Crippen LogP contribution is 2.26. The predicted molar refractivity (Wildman–Crippen MR) is 78.3 cm³/mol. The lowest BCUT2D eigenvalue weighted by Crippen LogP contribution is -2.33. The van der Waals surface area contributed by atoms with E-state index < -0.39 is 0 Å². The monoisotopic (exact) mass is 269 g/mol. The van der Waals surface area contributed by atoms with Gasteiger partial charge in [-0.1, -0.05) is 39.3 Å². The molecule has 0 saturated carbocycles. The van der Waals surface area contributed by atoms with Gasteiger partial charge >= 0.3 is 0 Å². The largest absolute Gasteiger partial charge is 0.496 e. The number of hydrogen-bond donors (Lipinski definition) is 1. The molecular weight excluding hydrogens is 246 g/mol. The average molecular weight is 270 g/mol. The first-order valence-electron chi connectivity index (χ1n) is 6.40. The quantitative estimate of drug-likeness (QED) is 0.839. The molecule has 1 N–H and O–H groups in total. The van der Waals surface area contributed by atoms with Crippen LogP contribution in [-0.2, 0) is 6.54 Å². The second kappa shape index (κ2) is 6.44. The minimum Gasteiger partial charge on any atom is -0.496 e. The van der Waals surface area contributed by atoms with Gasteiger partial charge in [0.1, 0.15) is 5.75 Å². The lowest BCUT2D eigenvalue weighted by Gasteiger charge is -2.29. The first-order chi connectivity index (χ1) is 8.36. The molecule has 0 spiro atoms. The maximum absolute atomic E-state index is 6.01. The molecule has 1 aromatic carbocycles. The number of benzene rings is 1. The smallest absolute Gasteiger partial charge is 0.123 e. The van der Waals surface area contributed by atoms with Crippen LogP contribution in [0.1, 0.15) is 33.3 Å². The molecule has 0 aromatic heterocycles. The lowest BCUT2D eigenvalue weighted by molar-refractivity contribution is 0.237. The zero-order valence-electron chi connectivity index (χ0n) is 12.0. The number of hydrogen-bond acceptors (Lipinski definition) is 2. The van der Waals surface area contributed by atoms with Gasteiger partial charge in [0.05, 0.1) is 7.11 Å². The molecule has 0 atom stereocenters. The normalized spacial score (nSPS) is 11.9. The summed E-state index contributed by atoms with van der Waals surface area (Å²) in [5.74, 6) is 1.53. The van der Waals surface area contributed by atoms with E-state index in [0.29, 0.717) is 5.92 Å². The Morgan fingerprint density at radius 1 is 1.33 bits per heavy atom. The van der Waals surface area contributed by atoms with E-state index in [1.807, 2.05) is 18.2 Å². The summed E-state index contributed by atoms with van der Waals surface area (Å²) in [6.45, 7) is 10.8. The molecule has 0 aliphatic carbocycles. The van der Waals surface area contributed by atoms with Crippen molar-refractivity contribution < 1.29 is 4.74 Å². The van der Waals surface area contributed by atoms with Crippen LogP contribution >= 0.6 is 11.6 Å². The number of nitrogens with one attached hydrogen (secondary N) is 1. The Kier molecular flexibility index (Phi) is 5.48. The third-order valence-electron chi connectivity index (χ3n) is 3.70. The van der Waals surface area contributed by atoms with E-state index in [2.05, 4.69) is 33.0 Å². The van der Waals surface area contributed by atoms with Gasteiger partial charge in [0.25, 0.3) is 0 Å². The lowest BCUT2D eigenvalue weighted by atomic mass is 9.81.